The number of hydrogen-bond donors (Lipinski definition) is 2. The Bertz CT molecular complexity index is 698. The standard InChI is InChI=1S/C18H21ClN2O2/c1-11-17(2,3)13-7-8-18(11,10-13)16(23)21-20-15(22)12-5-4-6-14(19)9-12/h4-6,9,13H,1,7-8,10H2,2-3H3,(H,20,22)(H,21,23). The van der Waals surface area contributed by atoms with Crippen molar-refractivity contribution in [3.8, 4) is 0 Å². The van der Waals surface area contributed by atoms with E-state index >= 15 is 0 Å². The number of hydrazine groups is 1. The van der Waals surface area contributed by atoms with Gasteiger partial charge in [0.2, 0.25) is 5.91 Å². The van der Waals surface area contributed by atoms with E-state index in [9.17, 15) is 9.59 Å². The number of carbonyl (C=O) groups is 2. The number of fused-ring (bicyclic) bond motifs is 2. The predicted octanol–water partition coefficient (Wildman–Crippen LogP) is 3.48. The maximum atomic E-state index is 12.7. The van der Waals surface area contributed by atoms with Gasteiger partial charge in [0.05, 0.1) is 5.41 Å². The number of hydrogen-bond acceptors (Lipinski definition) is 2. The Balaban J connectivity index is 1.69. The normalized spacial score (nSPS) is 27.8. The molecule has 1 aromatic carbocycles. The molecule has 2 amide bonds. The van der Waals surface area contributed by atoms with Crippen molar-refractivity contribution in [2.75, 3.05) is 0 Å². The SMILES string of the molecule is C=C1C2(C(=O)NNC(=O)c3cccc(Cl)c3)CCC(C2)C1(C)C. The van der Waals surface area contributed by atoms with Gasteiger partial charge in [-0.2, -0.15) is 0 Å². The van der Waals surface area contributed by atoms with Crippen molar-refractivity contribution in [2.45, 2.75) is 33.1 Å². The molecule has 2 aliphatic carbocycles. The van der Waals surface area contributed by atoms with Crippen LogP contribution in [0.3, 0.4) is 0 Å². The molecule has 2 saturated carbocycles. The molecule has 0 spiro atoms. The van der Waals surface area contributed by atoms with Gasteiger partial charge < -0.3 is 0 Å². The monoisotopic (exact) mass is 332 g/mol. The molecule has 2 unspecified atom stereocenters. The highest BCUT2D eigenvalue weighted by atomic mass is 35.5. The molecule has 4 nitrogen and oxygen atoms in total. The summed E-state index contributed by atoms with van der Waals surface area (Å²) in [6.07, 6.45) is 2.65. The van der Waals surface area contributed by atoms with E-state index in [2.05, 4.69) is 31.3 Å². The van der Waals surface area contributed by atoms with Crippen LogP contribution in [0, 0.1) is 16.7 Å². The number of nitrogens with one attached hydrogen (secondary N) is 2. The zero-order valence-electron chi connectivity index (χ0n) is 13.4. The summed E-state index contributed by atoms with van der Waals surface area (Å²) in [6.45, 7) is 8.49. The van der Waals surface area contributed by atoms with Crippen molar-refractivity contribution in [3.63, 3.8) is 0 Å². The lowest BCUT2D eigenvalue weighted by Gasteiger charge is -2.37. The molecule has 2 N–H and O–H groups in total. The van der Waals surface area contributed by atoms with Crippen LogP contribution in [0.4, 0.5) is 0 Å². The highest BCUT2D eigenvalue weighted by Gasteiger charge is 2.60. The summed E-state index contributed by atoms with van der Waals surface area (Å²) in [6, 6.07) is 6.60. The van der Waals surface area contributed by atoms with Gasteiger partial charge in [0.1, 0.15) is 0 Å². The van der Waals surface area contributed by atoms with Gasteiger partial charge in [0.25, 0.3) is 5.91 Å². The quantitative estimate of drug-likeness (QED) is 0.643. The molecule has 2 atom stereocenters. The molecule has 2 aliphatic rings. The van der Waals surface area contributed by atoms with Crippen LogP contribution in [0.5, 0.6) is 0 Å². The van der Waals surface area contributed by atoms with Gasteiger partial charge in [-0.25, -0.2) is 0 Å². The lowest BCUT2D eigenvalue weighted by atomic mass is 9.68. The molecule has 2 fully saturated rings. The van der Waals surface area contributed by atoms with Crippen molar-refractivity contribution >= 4 is 23.4 Å². The third-order valence-corrected chi connectivity index (χ3v) is 5.94. The minimum Gasteiger partial charge on any atom is -0.272 e. The maximum Gasteiger partial charge on any atom is 0.269 e. The van der Waals surface area contributed by atoms with E-state index in [-0.39, 0.29) is 17.2 Å². The van der Waals surface area contributed by atoms with E-state index in [1.165, 1.54) is 0 Å². The number of rotatable bonds is 2. The lowest BCUT2D eigenvalue weighted by molar-refractivity contribution is -0.129. The third kappa shape index (κ3) is 2.45. The number of carbonyl (C=O) groups excluding carboxylic acids is 2. The zero-order valence-corrected chi connectivity index (χ0v) is 14.2. The highest BCUT2D eigenvalue weighted by molar-refractivity contribution is 6.30. The average Bonchev–Trinajstić information content (AvgIpc) is 3.04. The molecule has 0 heterocycles. The van der Waals surface area contributed by atoms with E-state index in [4.69, 9.17) is 11.6 Å². The fourth-order valence-electron chi connectivity index (χ4n) is 4.08. The second kappa shape index (κ2) is 5.38. The first-order valence-electron chi connectivity index (χ1n) is 7.83. The van der Waals surface area contributed by atoms with Gasteiger partial charge in [-0.1, -0.05) is 43.7 Å². The molecule has 0 saturated heterocycles. The van der Waals surface area contributed by atoms with Crippen molar-refractivity contribution in [1.82, 2.24) is 10.9 Å². The highest BCUT2D eigenvalue weighted by Crippen LogP contribution is 2.65. The first-order valence-corrected chi connectivity index (χ1v) is 8.21. The number of benzene rings is 1. The first kappa shape index (κ1) is 16.1. The van der Waals surface area contributed by atoms with Crippen LogP contribution < -0.4 is 10.9 Å². The minimum atomic E-state index is -0.546. The van der Waals surface area contributed by atoms with Gasteiger partial charge in [0, 0.05) is 10.6 Å². The second-order valence-corrected chi connectivity index (χ2v) is 7.58. The van der Waals surface area contributed by atoms with E-state index in [1.807, 2.05) is 0 Å². The number of halogens is 1. The molecular formula is C18H21ClN2O2. The Morgan fingerprint density at radius 1 is 1.30 bits per heavy atom. The summed E-state index contributed by atoms with van der Waals surface area (Å²) < 4.78 is 0. The van der Waals surface area contributed by atoms with Crippen molar-refractivity contribution in [3.05, 3.63) is 47.0 Å². The Kier molecular flexibility index (Phi) is 3.75. The zero-order chi connectivity index (χ0) is 16.8. The molecule has 0 radical (unpaired) electrons. The van der Waals surface area contributed by atoms with E-state index in [0.29, 0.717) is 16.5 Å². The van der Waals surface area contributed by atoms with Gasteiger partial charge in [-0.3, -0.25) is 20.4 Å². The van der Waals surface area contributed by atoms with Crippen LogP contribution >= 0.6 is 11.6 Å². The Labute approximate surface area is 141 Å². The van der Waals surface area contributed by atoms with Gasteiger partial charge in [-0.05, 0) is 48.8 Å². The fraction of sp³-hybridized carbons (Fsp3) is 0.444. The van der Waals surface area contributed by atoms with Crippen LogP contribution in [-0.2, 0) is 4.79 Å². The van der Waals surface area contributed by atoms with Crippen molar-refractivity contribution < 1.29 is 9.59 Å². The van der Waals surface area contributed by atoms with Gasteiger partial charge in [0.15, 0.2) is 0 Å². The molecule has 0 aliphatic heterocycles. The van der Waals surface area contributed by atoms with Crippen LogP contribution in [0.25, 0.3) is 0 Å². The van der Waals surface area contributed by atoms with E-state index < -0.39 is 5.41 Å². The maximum absolute atomic E-state index is 12.7. The smallest absolute Gasteiger partial charge is 0.269 e. The molecule has 0 aromatic heterocycles. The largest absolute Gasteiger partial charge is 0.272 e. The fourth-order valence-corrected chi connectivity index (χ4v) is 4.27. The Morgan fingerprint density at radius 2 is 2.04 bits per heavy atom. The topological polar surface area (TPSA) is 58.2 Å². The van der Waals surface area contributed by atoms with Crippen LogP contribution in [0.1, 0.15) is 43.5 Å². The van der Waals surface area contributed by atoms with Gasteiger partial charge >= 0.3 is 0 Å². The van der Waals surface area contributed by atoms with Crippen molar-refractivity contribution in [1.29, 1.82) is 0 Å². The summed E-state index contributed by atoms with van der Waals surface area (Å²) in [5.41, 5.74) is 5.90. The summed E-state index contributed by atoms with van der Waals surface area (Å²) in [5, 5.41) is 0.479. The molecule has 3 rings (SSSR count). The Morgan fingerprint density at radius 3 is 2.65 bits per heavy atom. The summed E-state index contributed by atoms with van der Waals surface area (Å²) in [4.78, 5) is 24.8. The Hall–Kier alpha value is -1.81. The molecule has 23 heavy (non-hydrogen) atoms. The summed E-state index contributed by atoms with van der Waals surface area (Å²) >= 11 is 5.88. The predicted molar refractivity (Wildman–Crippen MR) is 89.8 cm³/mol. The van der Waals surface area contributed by atoms with Crippen LogP contribution in [-0.4, -0.2) is 11.8 Å². The first-order chi connectivity index (χ1) is 10.8. The molecular weight excluding hydrogens is 312 g/mol. The second-order valence-electron chi connectivity index (χ2n) is 7.14. The van der Waals surface area contributed by atoms with Crippen LogP contribution in [0.2, 0.25) is 5.02 Å². The van der Waals surface area contributed by atoms with Gasteiger partial charge in [-0.15, -0.1) is 0 Å². The summed E-state index contributed by atoms with van der Waals surface area (Å²) in [7, 11) is 0. The molecule has 122 valence electrons. The molecule has 1 aromatic rings. The molecule has 5 heteroatoms. The lowest BCUT2D eigenvalue weighted by Crippen LogP contribution is -2.49. The summed E-state index contributed by atoms with van der Waals surface area (Å²) in [5.74, 6) is -0.0509. The number of amides is 2. The van der Waals surface area contributed by atoms with E-state index in [1.54, 1.807) is 24.3 Å². The van der Waals surface area contributed by atoms with E-state index in [0.717, 1.165) is 24.8 Å². The minimum absolute atomic E-state index is 0.0213. The van der Waals surface area contributed by atoms with Crippen molar-refractivity contribution in [2.24, 2.45) is 16.7 Å². The van der Waals surface area contributed by atoms with Crippen LogP contribution in [0.15, 0.2) is 36.4 Å². The molecule has 2 bridgehead atoms. The average molecular weight is 333 g/mol. The third-order valence-electron chi connectivity index (χ3n) is 5.70.